The number of carboxylic acid groups (broad SMARTS) is 1. The van der Waals surface area contributed by atoms with E-state index in [-0.39, 0.29) is 36.4 Å². The molecule has 1 saturated heterocycles. The summed E-state index contributed by atoms with van der Waals surface area (Å²) in [6.45, 7) is 2.69. The molecule has 1 saturated carbocycles. The maximum Gasteiger partial charge on any atom is 0.407 e. The molecule has 2 aromatic carbocycles. The third-order valence-electron chi connectivity index (χ3n) is 8.04. The highest BCUT2D eigenvalue weighted by Gasteiger charge is 2.40. The van der Waals surface area contributed by atoms with Gasteiger partial charge in [-0.25, -0.2) is 4.79 Å². The van der Waals surface area contributed by atoms with E-state index in [1.165, 1.54) is 22.3 Å². The topological polar surface area (TPSA) is 95.9 Å². The molecule has 0 bridgehead atoms. The molecular formula is C28H32N2O5. The maximum absolute atomic E-state index is 13.1. The van der Waals surface area contributed by atoms with Crippen molar-refractivity contribution >= 4 is 18.0 Å². The Morgan fingerprint density at radius 1 is 1.00 bits per heavy atom. The van der Waals surface area contributed by atoms with Crippen LogP contribution >= 0.6 is 0 Å². The lowest BCUT2D eigenvalue weighted by molar-refractivity contribution is -0.150. The minimum absolute atomic E-state index is 0.00817. The Labute approximate surface area is 205 Å². The van der Waals surface area contributed by atoms with Crippen LogP contribution in [0.1, 0.15) is 56.1 Å². The van der Waals surface area contributed by atoms with Crippen molar-refractivity contribution in [2.75, 3.05) is 13.2 Å². The van der Waals surface area contributed by atoms with Crippen LogP contribution in [0.5, 0.6) is 0 Å². The highest BCUT2D eigenvalue weighted by atomic mass is 16.5. The van der Waals surface area contributed by atoms with Crippen LogP contribution in [0, 0.1) is 11.8 Å². The number of piperidine rings is 1. The van der Waals surface area contributed by atoms with E-state index in [1.807, 2.05) is 31.2 Å². The number of hydrogen-bond acceptors (Lipinski definition) is 4. The summed E-state index contributed by atoms with van der Waals surface area (Å²) in [7, 11) is 0. The molecule has 1 heterocycles. The quantitative estimate of drug-likeness (QED) is 0.667. The second kappa shape index (κ2) is 9.72. The van der Waals surface area contributed by atoms with Gasteiger partial charge in [0.15, 0.2) is 0 Å². The molecule has 4 atom stereocenters. The van der Waals surface area contributed by atoms with Crippen molar-refractivity contribution in [3.63, 3.8) is 0 Å². The molecule has 0 unspecified atom stereocenters. The standard InChI is InChI=1S/C28H32N2O5/c1-17-20(27(32)33)11-6-14-30(17)26(31)18-12-13-19(15-18)29-28(34)35-16-25-23-9-4-2-7-21(23)22-8-3-5-10-24(22)25/h2-5,7-10,17-20,25H,6,11-16H2,1H3,(H,29,34)(H,32,33)/t17-,18-,19+,20-/m0/s1. The Morgan fingerprint density at radius 3 is 2.31 bits per heavy atom. The zero-order valence-corrected chi connectivity index (χ0v) is 20.0. The summed E-state index contributed by atoms with van der Waals surface area (Å²) in [5, 5.41) is 12.4. The second-order valence-corrected chi connectivity index (χ2v) is 10.0. The van der Waals surface area contributed by atoms with Gasteiger partial charge in [0.1, 0.15) is 6.61 Å². The number of aliphatic carboxylic acids is 1. The van der Waals surface area contributed by atoms with Crippen molar-refractivity contribution in [2.24, 2.45) is 11.8 Å². The Morgan fingerprint density at radius 2 is 1.66 bits per heavy atom. The molecule has 0 radical (unpaired) electrons. The minimum Gasteiger partial charge on any atom is -0.481 e. The lowest BCUT2D eigenvalue weighted by Gasteiger charge is -2.38. The molecule has 0 spiro atoms. The maximum atomic E-state index is 13.1. The van der Waals surface area contributed by atoms with Crippen molar-refractivity contribution in [3.05, 3.63) is 59.7 Å². The Balaban J connectivity index is 1.15. The first kappa shape index (κ1) is 23.4. The molecule has 7 heteroatoms. The van der Waals surface area contributed by atoms with Crippen molar-refractivity contribution in [2.45, 2.75) is 57.0 Å². The first-order valence-electron chi connectivity index (χ1n) is 12.6. The number of carbonyl (C=O) groups excluding carboxylic acids is 2. The molecule has 0 aromatic heterocycles. The lowest BCUT2D eigenvalue weighted by atomic mass is 9.89. The Kier molecular flexibility index (Phi) is 6.50. The van der Waals surface area contributed by atoms with Gasteiger partial charge in [-0.05, 0) is 61.3 Å². The summed E-state index contributed by atoms with van der Waals surface area (Å²) in [5.41, 5.74) is 4.71. The summed E-state index contributed by atoms with van der Waals surface area (Å²) in [5.74, 6) is -1.52. The van der Waals surface area contributed by atoms with Crippen LogP contribution in [-0.2, 0) is 14.3 Å². The summed E-state index contributed by atoms with van der Waals surface area (Å²) < 4.78 is 5.66. The van der Waals surface area contributed by atoms with Gasteiger partial charge in [0.25, 0.3) is 0 Å². The number of amides is 2. The van der Waals surface area contributed by atoms with Gasteiger partial charge < -0.3 is 20.1 Å². The fourth-order valence-corrected chi connectivity index (χ4v) is 6.16. The van der Waals surface area contributed by atoms with Crippen molar-refractivity contribution < 1.29 is 24.2 Å². The largest absolute Gasteiger partial charge is 0.481 e. The number of rotatable bonds is 5. The number of nitrogens with zero attached hydrogens (tertiary/aromatic N) is 1. The molecule has 35 heavy (non-hydrogen) atoms. The molecule has 2 aliphatic carbocycles. The van der Waals surface area contributed by atoms with Gasteiger partial charge in [0.2, 0.25) is 5.91 Å². The van der Waals surface area contributed by atoms with Crippen LogP contribution in [0.4, 0.5) is 4.79 Å². The van der Waals surface area contributed by atoms with E-state index in [9.17, 15) is 19.5 Å². The normalized spacial score (nSPS) is 25.6. The van der Waals surface area contributed by atoms with E-state index in [2.05, 4.69) is 29.6 Å². The average Bonchev–Trinajstić information content (AvgIpc) is 3.45. The van der Waals surface area contributed by atoms with E-state index in [0.717, 1.165) is 0 Å². The average molecular weight is 477 g/mol. The minimum atomic E-state index is -0.837. The molecule has 2 fully saturated rings. The van der Waals surface area contributed by atoms with Gasteiger partial charge in [-0.2, -0.15) is 0 Å². The summed E-state index contributed by atoms with van der Waals surface area (Å²) in [4.78, 5) is 39.0. The molecule has 2 N–H and O–H groups in total. The summed E-state index contributed by atoms with van der Waals surface area (Å²) in [6, 6.07) is 16.0. The number of nitrogens with one attached hydrogen (secondary N) is 1. The van der Waals surface area contributed by atoms with Gasteiger partial charge >= 0.3 is 12.1 Å². The zero-order chi connectivity index (χ0) is 24.5. The lowest BCUT2D eigenvalue weighted by Crippen LogP contribution is -2.51. The van der Waals surface area contributed by atoms with Crippen molar-refractivity contribution in [1.82, 2.24) is 10.2 Å². The molecule has 3 aliphatic rings. The SMILES string of the molecule is C[C@H]1[C@@H](C(=O)O)CCCN1C(=O)[C@H]1CC[C@@H](NC(=O)OCC2c3ccccc3-c3ccccc32)C1. The third kappa shape index (κ3) is 4.51. The smallest absolute Gasteiger partial charge is 0.407 e. The van der Waals surface area contributed by atoms with E-state index < -0.39 is 18.0 Å². The summed E-state index contributed by atoms with van der Waals surface area (Å²) in [6.07, 6.45) is 2.82. The number of carbonyl (C=O) groups is 3. The number of carboxylic acids is 1. The highest BCUT2D eigenvalue weighted by Crippen LogP contribution is 2.44. The highest BCUT2D eigenvalue weighted by molar-refractivity contribution is 5.81. The van der Waals surface area contributed by atoms with E-state index in [1.54, 1.807) is 4.90 Å². The number of likely N-dealkylation sites (tertiary alicyclic amines) is 1. The van der Waals surface area contributed by atoms with Gasteiger partial charge in [0, 0.05) is 30.5 Å². The Hall–Kier alpha value is -3.35. The first-order valence-corrected chi connectivity index (χ1v) is 12.6. The van der Waals surface area contributed by atoms with E-state index in [4.69, 9.17) is 4.74 Å². The molecule has 1 aliphatic heterocycles. The zero-order valence-electron chi connectivity index (χ0n) is 20.0. The number of alkyl carbamates (subject to hydrolysis) is 1. The number of ether oxygens (including phenoxy) is 1. The molecular weight excluding hydrogens is 444 g/mol. The van der Waals surface area contributed by atoms with E-state index in [0.29, 0.717) is 38.6 Å². The third-order valence-corrected chi connectivity index (χ3v) is 8.04. The number of fused-ring (bicyclic) bond motifs is 3. The van der Waals surface area contributed by atoms with Crippen LogP contribution in [0.3, 0.4) is 0 Å². The van der Waals surface area contributed by atoms with Gasteiger partial charge in [-0.1, -0.05) is 48.5 Å². The van der Waals surface area contributed by atoms with Gasteiger partial charge in [0.05, 0.1) is 5.92 Å². The predicted octanol–water partition coefficient (Wildman–Crippen LogP) is 4.41. The van der Waals surface area contributed by atoms with Crippen LogP contribution in [-0.4, -0.2) is 53.2 Å². The molecule has 184 valence electrons. The van der Waals surface area contributed by atoms with Crippen LogP contribution < -0.4 is 5.32 Å². The van der Waals surface area contributed by atoms with Gasteiger partial charge in [-0.3, -0.25) is 9.59 Å². The van der Waals surface area contributed by atoms with Gasteiger partial charge in [-0.15, -0.1) is 0 Å². The fourth-order valence-electron chi connectivity index (χ4n) is 6.16. The van der Waals surface area contributed by atoms with Crippen LogP contribution in [0.25, 0.3) is 11.1 Å². The van der Waals surface area contributed by atoms with E-state index >= 15 is 0 Å². The predicted molar refractivity (Wildman–Crippen MR) is 131 cm³/mol. The Bertz CT molecular complexity index is 1090. The number of hydrogen-bond donors (Lipinski definition) is 2. The molecule has 7 nitrogen and oxygen atoms in total. The fraction of sp³-hybridized carbons (Fsp3) is 0.464. The van der Waals surface area contributed by atoms with Crippen molar-refractivity contribution in [3.8, 4) is 11.1 Å². The second-order valence-electron chi connectivity index (χ2n) is 10.0. The molecule has 5 rings (SSSR count). The van der Waals surface area contributed by atoms with Crippen molar-refractivity contribution in [1.29, 1.82) is 0 Å². The first-order chi connectivity index (χ1) is 16.9. The van der Waals surface area contributed by atoms with Crippen LogP contribution in [0.15, 0.2) is 48.5 Å². The molecule has 2 amide bonds. The number of benzene rings is 2. The summed E-state index contributed by atoms with van der Waals surface area (Å²) >= 11 is 0. The van der Waals surface area contributed by atoms with Crippen LogP contribution in [0.2, 0.25) is 0 Å². The molecule has 2 aromatic rings. The monoisotopic (exact) mass is 476 g/mol.